The van der Waals surface area contributed by atoms with Crippen LogP contribution in [0.5, 0.6) is 11.5 Å². The fraction of sp³-hybridized carbons (Fsp3) is 0.111. The SMILES string of the molecule is O=C(OCc1cc2c(cc1Cl)OCO2)c1cc(-c2ccccc2)n[nH]1. The first-order chi connectivity index (χ1) is 12.2. The average Bonchev–Trinajstić information content (AvgIpc) is 3.29. The van der Waals surface area contributed by atoms with Gasteiger partial charge in [-0.2, -0.15) is 5.10 Å². The molecule has 6 nitrogen and oxygen atoms in total. The summed E-state index contributed by atoms with van der Waals surface area (Å²) >= 11 is 6.17. The highest BCUT2D eigenvalue weighted by Crippen LogP contribution is 2.37. The van der Waals surface area contributed by atoms with E-state index in [2.05, 4.69) is 10.2 Å². The third-order valence-corrected chi connectivity index (χ3v) is 4.12. The van der Waals surface area contributed by atoms with Gasteiger partial charge in [0, 0.05) is 17.2 Å². The summed E-state index contributed by atoms with van der Waals surface area (Å²) in [6.45, 7) is 0.180. The number of carbonyl (C=O) groups excluding carboxylic acids is 1. The first kappa shape index (κ1) is 15.5. The molecule has 0 aliphatic carbocycles. The molecule has 4 rings (SSSR count). The molecule has 0 bridgehead atoms. The topological polar surface area (TPSA) is 73.4 Å². The summed E-state index contributed by atoms with van der Waals surface area (Å²) in [7, 11) is 0. The molecule has 0 saturated heterocycles. The van der Waals surface area contributed by atoms with E-state index in [1.807, 2.05) is 30.3 Å². The van der Waals surface area contributed by atoms with Gasteiger partial charge in [-0.1, -0.05) is 41.9 Å². The second-order valence-electron chi connectivity index (χ2n) is 5.41. The maximum Gasteiger partial charge on any atom is 0.356 e. The van der Waals surface area contributed by atoms with Crippen LogP contribution in [0.25, 0.3) is 11.3 Å². The molecule has 0 fully saturated rings. The molecule has 3 aromatic rings. The van der Waals surface area contributed by atoms with Crippen LogP contribution in [0.15, 0.2) is 48.5 Å². The third kappa shape index (κ3) is 3.16. The summed E-state index contributed by atoms with van der Waals surface area (Å²) < 4.78 is 15.9. The number of benzene rings is 2. The Morgan fingerprint density at radius 1 is 1.16 bits per heavy atom. The second kappa shape index (κ2) is 6.49. The number of halogens is 1. The molecule has 126 valence electrons. The maximum atomic E-state index is 12.2. The summed E-state index contributed by atoms with van der Waals surface area (Å²) in [6.07, 6.45) is 0. The molecule has 0 radical (unpaired) electrons. The molecular formula is C18H13ClN2O4. The van der Waals surface area contributed by atoms with E-state index in [4.69, 9.17) is 25.8 Å². The monoisotopic (exact) mass is 356 g/mol. The number of hydrogen-bond acceptors (Lipinski definition) is 5. The van der Waals surface area contributed by atoms with Gasteiger partial charge < -0.3 is 14.2 Å². The minimum Gasteiger partial charge on any atom is -0.456 e. The van der Waals surface area contributed by atoms with Gasteiger partial charge in [0.25, 0.3) is 0 Å². The zero-order valence-corrected chi connectivity index (χ0v) is 13.7. The van der Waals surface area contributed by atoms with Crippen molar-refractivity contribution in [2.24, 2.45) is 0 Å². The van der Waals surface area contributed by atoms with Crippen LogP contribution < -0.4 is 9.47 Å². The van der Waals surface area contributed by atoms with E-state index in [0.717, 1.165) is 5.56 Å². The summed E-state index contributed by atoms with van der Waals surface area (Å²) in [5, 5.41) is 7.28. The lowest BCUT2D eigenvalue weighted by Gasteiger charge is -2.07. The first-order valence-corrected chi connectivity index (χ1v) is 7.94. The van der Waals surface area contributed by atoms with Crippen molar-refractivity contribution in [2.45, 2.75) is 6.61 Å². The molecule has 7 heteroatoms. The number of carbonyl (C=O) groups is 1. The van der Waals surface area contributed by atoms with Crippen LogP contribution in [-0.4, -0.2) is 23.0 Å². The van der Waals surface area contributed by atoms with Gasteiger partial charge in [0.2, 0.25) is 6.79 Å². The standard InChI is InChI=1S/C18H13ClN2O4/c19-13-7-17-16(24-10-25-17)6-12(13)9-23-18(22)15-8-14(20-21-15)11-4-2-1-3-5-11/h1-8H,9-10H2,(H,20,21). The van der Waals surface area contributed by atoms with Crippen molar-refractivity contribution < 1.29 is 19.0 Å². The number of hydrogen-bond donors (Lipinski definition) is 1. The Labute approximate surface area is 148 Å². The molecule has 2 heterocycles. The van der Waals surface area contributed by atoms with E-state index in [1.165, 1.54) is 0 Å². The van der Waals surface area contributed by atoms with Gasteiger partial charge in [-0.05, 0) is 12.1 Å². The highest BCUT2D eigenvalue weighted by molar-refractivity contribution is 6.31. The number of fused-ring (bicyclic) bond motifs is 1. The molecule has 2 aromatic carbocycles. The second-order valence-corrected chi connectivity index (χ2v) is 5.81. The number of nitrogens with one attached hydrogen (secondary N) is 1. The van der Waals surface area contributed by atoms with Crippen molar-refractivity contribution >= 4 is 17.6 Å². The van der Waals surface area contributed by atoms with Crippen molar-refractivity contribution in [3.63, 3.8) is 0 Å². The Morgan fingerprint density at radius 3 is 2.72 bits per heavy atom. The summed E-state index contributed by atoms with van der Waals surface area (Å²) in [5.74, 6) is 0.660. The largest absolute Gasteiger partial charge is 0.456 e. The highest BCUT2D eigenvalue weighted by atomic mass is 35.5. The molecule has 1 N–H and O–H groups in total. The van der Waals surface area contributed by atoms with Crippen molar-refractivity contribution in [3.05, 3.63) is 64.8 Å². The van der Waals surface area contributed by atoms with Gasteiger partial charge in [0.15, 0.2) is 11.5 Å². The van der Waals surface area contributed by atoms with Crippen molar-refractivity contribution in [1.82, 2.24) is 10.2 Å². The van der Waals surface area contributed by atoms with Crippen LogP contribution in [-0.2, 0) is 11.3 Å². The van der Waals surface area contributed by atoms with Gasteiger partial charge in [-0.15, -0.1) is 0 Å². The summed E-state index contributed by atoms with van der Waals surface area (Å²) in [4.78, 5) is 12.2. The van der Waals surface area contributed by atoms with Crippen LogP contribution in [0, 0.1) is 0 Å². The minimum absolute atomic E-state index is 0.0218. The van der Waals surface area contributed by atoms with Gasteiger partial charge in [0.05, 0.1) is 10.7 Å². The summed E-state index contributed by atoms with van der Waals surface area (Å²) in [6, 6.07) is 14.6. The highest BCUT2D eigenvalue weighted by Gasteiger charge is 2.18. The van der Waals surface area contributed by atoms with E-state index < -0.39 is 5.97 Å². The van der Waals surface area contributed by atoms with E-state index in [0.29, 0.717) is 27.8 Å². The molecule has 1 aliphatic rings. The molecular weight excluding hydrogens is 344 g/mol. The van der Waals surface area contributed by atoms with Crippen LogP contribution in [0.1, 0.15) is 16.1 Å². The Morgan fingerprint density at radius 2 is 1.92 bits per heavy atom. The number of ether oxygens (including phenoxy) is 3. The molecule has 0 unspecified atom stereocenters. The lowest BCUT2D eigenvalue weighted by molar-refractivity contribution is 0.0465. The number of rotatable bonds is 4. The number of aromatic nitrogens is 2. The predicted molar refractivity (Wildman–Crippen MR) is 90.7 cm³/mol. The van der Waals surface area contributed by atoms with E-state index >= 15 is 0 Å². The van der Waals surface area contributed by atoms with Gasteiger partial charge in [-0.25, -0.2) is 4.79 Å². The number of esters is 1. The maximum absolute atomic E-state index is 12.2. The van der Waals surface area contributed by atoms with Crippen LogP contribution in [0.3, 0.4) is 0 Å². The number of nitrogens with zero attached hydrogens (tertiary/aromatic N) is 1. The Balaban J connectivity index is 1.46. The molecule has 0 saturated carbocycles. The smallest absolute Gasteiger partial charge is 0.356 e. The van der Waals surface area contributed by atoms with E-state index in [-0.39, 0.29) is 19.1 Å². The lowest BCUT2D eigenvalue weighted by atomic mass is 10.1. The van der Waals surface area contributed by atoms with Gasteiger partial charge in [-0.3, -0.25) is 5.10 Å². The quantitative estimate of drug-likeness (QED) is 0.719. The third-order valence-electron chi connectivity index (χ3n) is 3.77. The zero-order chi connectivity index (χ0) is 17.2. The Bertz CT molecular complexity index is 924. The van der Waals surface area contributed by atoms with Crippen molar-refractivity contribution in [2.75, 3.05) is 6.79 Å². The normalized spacial score (nSPS) is 12.2. The molecule has 1 aliphatic heterocycles. The molecule has 0 spiro atoms. The molecule has 0 atom stereocenters. The fourth-order valence-corrected chi connectivity index (χ4v) is 2.68. The molecule has 0 amide bonds. The van der Waals surface area contributed by atoms with Crippen molar-refractivity contribution in [3.8, 4) is 22.8 Å². The fourth-order valence-electron chi connectivity index (χ4n) is 2.47. The molecule has 25 heavy (non-hydrogen) atoms. The van der Waals surface area contributed by atoms with Crippen LogP contribution >= 0.6 is 11.6 Å². The van der Waals surface area contributed by atoms with Gasteiger partial charge >= 0.3 is 5.97 Å². The van der Waals surface area contributed by atoms with Crippen LogP contribution in [0.4, 0.5) is 0 Å². The van der Waals surface area contributed by atoms with Gasteiger partial charge in [0.1, 0.15) is 12.3 Å². The van der Waals surface area contributed by atoms with Crippen molar-refractivity contribution in [1.29, 1.82) is 0 Å². The number of H-pyrrole nitrogens is 1. The zero-order valence-electron chi connectivity index (χ0n) is 13.0. The average molecular weight is 357 g/mol. The van der Waals surface area contributed by atoms with Crippen LogP contribution in [0.2, 0.25) is 5.02 Å². The number of aromatic amines is 1. The Kier molecular flexibility index (Phi) is 4.03. The minimum atomic E-state index is -0.511. The lowest BCUT2D eigenvalue weighted by Crippen LogP contribution is -2.06. The Hall–Kier alpha value is -2.99. The van der Waals surface area contributed by atoms with E-state index in [1.54, 1.807) is 18.2 Å². The predicted octanol–water partition coefficient (Wildman–Crippen LogP) is 3.82. The molecule has 1 aromatic heterocycles. The first-order valence-electron chi connectivity index (χ1n) is 7.57. The summed E-state index contributed by atoms with van der Waals surface area (Å²) in [5.41, 5.74) is 2.50. The van der Waals surface area contributed by atoms with E-state index in [9.17, 15) is 4.79 Å².